The summed E-state index contributed by atoms with van der Waals surface area (Å²) in [6, 6.07) is 10.7. The Bertz CT molecular complexity index is 633. The van der Waals surface area contributed by atoms with Crippen molar-refractivity contribution < 1.29 is 9.72 Å². The van der Waals surface area contributed by atoms with Gasteiger partial charge in [0.2, 0.25) is 0 Å². The number of carbonyl (C=O) groups is 1. The van der Waals surface area contributed by atoms with Gasteiger partial charge in [-0.05, 0) is 0 Å². The number of halogens is 2. The Hall–Kier alpha value is -1.91. The summed E-state index contributed by atoms with van der Waals surface area (Å²) in [5, 5.41) is 10.6. The van der Waals surface area contributed by atoms with Crippen LogP contribution in [0.3, 0.4) is 0 Å². The van der Waals surface area contributed by atoms with Crippen molar-refractivity contribution in [3.63, 3.8) is 0 Å². The van der Waals surface area contributed by atoms with E-state index in [1.54, 1.807) is 30.3 Å². The molecule has 0 bridgehead atoms. The molecular formula is C13H7Cl2NO3. The molecule has 0 spiro atoms. The van der Waals surface area contributed by atoms with Crippen LogP contribution in [0, 0.1) is 10.1 Å². The second-order valence-corrected chi connectivity index (χ2v) is 4.55. The molecule has 2 rings (SSSR count). The number of nitro groups is 1. The zero-order chi connectivity index (χ0) is 14.0. The normalized spacial score (nSPS) is 10.2. The van der Waals surface area contributed by atoms with E-state index in [0.717, 1.165) is 12.1 Å². The van der Waals surface area contributed by atoms with E-state index in [2.05, 4.69) is 0 Å². The number of nitrogens with zero attached hydrogens (tertiary/aromatic N) is 1. The molecule has 0 aliphatic carbocycles. The first kappa shape index (κ1) is 13.5. The monoisotopic (exact) mass is 295 g/mol. The predicted octanol–water partition coefficient (Wildman–Crippen LogP) is 4.13. The van der Waals surface area contributed by atoms with Crippen LogP contribution in [0.15, 0.2) is 42.5 Å². The van der Waals surface area contributed by atoms with Gasteiger partial charge < -0.3 is 0 Å². The fourth-order valence-electron chi connectivity index (χ4n) is 1.62. The fraction of sp³-hybridized carbons (Fsp3) is 0. The number of ketones is 1. The number of hydrogen-bond donors (Lipinski definition) is 0. The zero-order valence-electron chi connectivity index (χ0n) is 9.47. The number of nitro benzene ring substituents is 1. The third-order valence-electron chi connectivity index (χ3n) is 2.50. The number of rotatable bonds is 3. The smallest absolute Gasteiger partial charge is 0.272 e. The van der Waals surface area contributed by atoms with Gasteiger partial charge in [-0.25, -0.2) is 0 Å². The third-order valence-corrected chi connectivity index (χ3v) is 3.10. The van der Waals surface area contributed by atoms with Gasteiger partial charge in [0.15, 0.2) is 5.78 Å². The van der Waals surface area contributed by atoms with Crippen LogP contribution >= 0.6 is 23.2 Å². The Kier molecular flexibility index (Phi) is 3.83. The summed E-state index contributed by atoms with van der Waals surface area (Å²) in [5.41, 5.74) is 0.236. The number of hydrogen-bond acceptors (Lipinski definition) is 3. The van der Waals surface area contributed by atoms with Gasteiger partial charge in [0, 0.05) is 17.7 Å². The lowest BCUT2D eigenvalue weighted by Crippen LogP contribution is -2.03. The average molecular weight is 296 g/mol. The fourth-order valence-corrected chi connectivity index (χ4v) is 2.26. The van der Waals surface area contributed by atoms with E-state index in [-0.39, 0.29) is 27.1 Å². The minimum Gasteiger partial charge on any atom is -0.288 e. The van der Waals surface area contributed by atoms with Crippen LogP contribution in [-0.4, -0.2) is 10.7 Å². The Balaban J connectivity index is 2.52. The summed E-state index contributed by atoms with van der Waals surface area (Å²) in [7, 11) is 0. The summed E-state index contributed by atoms with van der Waals surface area (Å²) in [6.07, 6.45) is 0. The molecule has 19 heavy (non-hydrogen) atoms. The number of carbonyl (C=O) groups excluding carboxylic acids is 1. The lowest BCUT2D eigenvalue weighted by molar-refractivity contribution is -0.384. The quantitative estimate of drug-likeness (QED) is 0.486. The molecule has 4 nitrogen and oxygen atoms in total. The van der Waals surface area contributed by atoms with Gasteiger partial charge in [0.1, 0.15) is 0 Å². The maximum absolute atomic E-state index is 12.2. The maximum atomic E-state index is 12.2. The predicted molar refractivity (Wildman–Crippen MR) is 73.0 cm³/mol. The molecule has 0 unspecified atom stereocenters. The Morgan fingerprint density at radius 1 is 1.05 bits per heavy atom. The van der Waals surface area contributed by atoms with Crippen molar-refractivity contribution in [3.8, 4) is 0 Å². The van der Waals surface area contributed by atoms with Gasteiger partial charge in [-0.1, -0.05) is 53.5 Å². The van der Waals surface area contributed by atoms with Crippen molar-refractivity contribution in [2.24, 2.45) is 0 Å². The number of benzene rings is 2. The summed E-state index contributed by atoms with van der Waals surface area (Å²) >= 11 is 11.8. The van der Waals surface area contributed by atoms with Gasteiger partial charge in [-0.2, -0.15) is 0 Å². The van der Waals surface area contributed by atoms with E-state index < -0.39 is 4.92 Å². The van der Waals surface area contributed by atoms with Gasteiger partial charge in [0.05, 0.1) is 20.5 Å². The van der Waals surface area contributed by atoms with E-state index in [4.69, 9.17) is 23.2 Å². The standard InChI is InChI=1S/C13H7Cl2NO3/c14-10-6-9(16(18)19)7-11(15)12(10)13(17)8-4-2-1-3-5-8/h1-7H. The van der Waals surface area contributed by atoms with E-state index >= 15 is 0 Å². The molecular weight excluding hydrogens is 289 g/mol. The van der Waals surface area contributed by atoms with Crippen molar-refractivity contribution in [1.29, 1.82) is 0 Å². The van der Waals surface area contributed by atoms with Crippen molar-refractivity contribution in [2.45, 2.75) is 0 Å². The van der Waals surface area contributed by atoms with Crippen LogP contribution < -0.4 is 0 Å². The molecule has 0 fully saturated rings. The molecule has 0 heterocycles. The summed E-state index contributed by atoms with van der Waals surface area (Å²) in [5.74, 6) is -0.370. The molecule has 0 saturated heterocycles. The van der Waals surface area contributed by atoms with Gasteiger partial charge in [0.25, 0.3) is 5.69 Å². The number of non-ortho nitro benzene ring substituents is 1. The van der Waals surface area contributed by atoms with Crippen LogP contribution in [0.25, 0.3) is 0 Å². The molecule has 0 aliphatic rings. The Labute approximate surface area is 118 Å². The van der Waals surface area contributed by atoms with E-state index in [1.807, 2.05) is 0 Å². The average Bonchev–Trinajstić information content (AvgIpc) is 2.38. The molecule has 2 aromatic rings. The second kappa shape index (κ2) is 5.38. The van der Waals surface area contributed by atoms with Gasteiger partial charge in [-0.3, -0.25) is 14.9 Å². The molecule has 0 N–H and O–H groups in total. The molecule has 2 aromatic carbocycles. The van der Waals surface area contributed by atoms with Crippen LogP contribution in [0.5, 0.6) is 0 Å². The zero-order valence-corrected chi connectivity index (χ0v) is 11.0. The van der Waals surface area contributed by atoms with Crippen LogP contribution in [0.1, 0.15) is 15.9 Å². The van der Waals surface area contributed by atoms with E-state index in [1.165, 1.54) is 0 Å². The van der Waals surface area contributed by atoms with E-state index in [9.17, 15) is 14.9 Å². The molecule has 0 radical (unpaired) electrons. The lowest BCUT2D eigenvalue weighted by Gasteiger charge is -2.06. The van der Waals surface area contributed by atoms with Crippen LogP contribution in [-0.2, 0) is 0 Å². The minimum absolute atomic E-state index is 0.0342. The van der Waals surface area contributed by atoms with Gasteiger partial charge >= 0.3 is 0 Å². The second-order valence-electron chi connectivity index (χ2n) is 3.74. The van der Waals surface area contributed by atoms with Crippen molar-refractivity contribution >= 4 is 34.7 Å². The molecule has 0 atom stereocenters. The Morgan fingerprint density at radius 2 is 1.58 bits per heavy atom. The molecule has 0 amide bonds. The molecule has 96 valence electrons. The highest BCUT2D eigenvalue weighted by Crippen LogP contribution is 2.31. The van der Waals surface area contributed by atoms with Crippen molar-refractivity contribution in [2.75, 3.05) is 0 Å². The first-order valence-corrected chi connectivity index (χ1v) is 5.99. The lowest BCUT2D eigenvalue weighted by atomic mass is 10.0. The highest BCUT2D eigenvalue weighted by atomic mass is 35.5. The first-order chi connectivity index (χ1) is 9.00. The van der Waals surface area contributed by atoms with Crippen LogP contribution in [0.2, 0.25) is 10.0 Å². The SMILES string of the molecule is O=C(c1ccccc1)c1c(Cl)cc([N+](=O)[O-])cc1Cl. The van der Waals surface area contributed by atoms with Crippen molar-refractivity contribution in [3.05, 3.63) is 73.8 Å². The largest absolute Gasteiger partial charge is 0.288 e. The van der Waals surface area contributed by atoms with Crippen molar-refractivity contribution in [1.82, 2.24) is 0 Å². The Morgan fingerprint density at radius 3 is 2.05 bits per heavy atom. The molecule has 0 aromatic heterocycles. The minimum atomic E-state index is -0.617. The summed E-state index contributed by atoms with van der Waals surface area (Å²) in [6.45, 7) is 0. The highest BCUT2D eigenvalue weighted by molar-refractivity contribution is 6.41. The summed E-state index contributed by atoms with van der Waals surface area (Å²) < 4.78 is 0. The highest BCUT2D eigenvalue weighted by Gasteiger charge is 2.20. The van der Waals surface area contributed by atoms with E-state index in [0.29, 0.717) is 5.56 Å². The maximum Gasteiger partial charge on any atom is 0.272 e. The molecule has 6 heteroatoms. The first-order valence-electron chi connectivity index (χ1n) is 5.24. The van der Waals surface area contributed by atoms with Crippen LogP contribution in [0.4, 0.5) is 5.69 Å². The topological polar surface area (TPSA) is 60.2 Å². The van der Waals surface area contributed by atoms with Gasteiger partial charge in [-0.15, -0.1) is 0 Å². The third kappa shape index (κ3) is 2.75. The summed E-state index contributed by atoms with van der Waals surface area (Å²) in [4.78, 5) is 22.3. The molecule has 0 aliphatic heterocycles. The molecule has 0 saturated carbocycles.